The quantitative estimate of drug-likeness (QED) is 0.575. The molecule has 1 fully saturated rings. The fraction of sp³-hybridized carbons (Fsp3) is 0.250. The number of piperazine rings is 1. The Hall–Kier alpha value is -2.67. The van der Waals surface area contributed by atoms with Crippen molar-refractivity contribution < 1.29 is 13.2 Å². The van der Waals surface area contributed by atoms with E-state index in [2.05, 4.69) is 11.0 Å². The zero-order valence-electron chi connectivity index (χ0n) is 16.9. The maximum Gasteiger partial charge on any atom is 0.218 e. The maximum absolute atomic E-state index is 12.7. The Morgan fingerprint density at radius 1 is 0.700 bits per heavy atom. The van der Waals surface area contributed by atoms with Gasteiger partial charge in [-0.15, -0.1) is 0 Å². The average molecular weight is 423 g/mol. The van der Waals surface area contributed by atoms with E-state index < -0.39 is 10.0 Å². The van der Waals surface area contributed by atoms with Crippen molar-refractivity contribution in [2.45, 2.75) is 12.3 Å². The normalized spacial score (nSPS) is 15.7. The van der Waals surface area contributed by atoms with Gasteiger partial charge in [0.15, 0.2) is 0 Å². The van der Waals surface area contributed by atoms with Crippen LogP contribution < -0.4 is 4.74 Å². The summed E-state index contributed by atoms with van der Waals surface area (Å²) in [5.74, 6) is 1.68. The minimum absolute atomic E-state index is 0.0622. The molecule has 1 saturated heterocycles. The summed E-state index contributed by atoms with van der Waals surface area (Å²) in [6.45, 7) is 3.26. The Kier molecular flexibility index (Phi) is 6.47. The van der Waals surface area contributed by atoms with Crippen LogP contribution in [0.3, 0.4) is 0 Å². The first-order chi connectivity index (χ1) is 14.6. The van der Waals surface area contributed by atoms with Gasteiger partial charge in [-0.25, -0.2) is 8.42 Å². The molecule has 1 aliphatic heterocycles. The number of rotatable bonds is 7. The molecule has 0 radical (unpaired) electrons. The zero-order chi connectivity index (χ0) is 20.8. The van der Waals surface area contributed by atoms with E-state index in [9.17, 15) is 8.42 Å². The monoisotopic (exact) mass is 422 g/mol. The third kappa shape index (κ3) is 5.48. The van der Waals surface area contributed by atoms with Gasteiger partial charge in [0.25, 0.3) is 0 Å². The van der Waals surface area contributed by atoms with Crippen molar-refractivity contribution in [1.82, 2.24) is 9.21 Å². The predicted octanol–water partition coefficient (Wildman–Crippen LogP) is 4.13. The lowest BCUT2D eigenvalue weighted by Gasteiger charge is -2.34. The molecule has 5 nitrogen and oxygen atoms in total. The maximum atomic E-state index is 12.7. The molecule has 0 saturated carbocycles. The van der Waals surface area contributed by atoms with Crippen LogP contribution in [0.15, 0.2) is 84.9 Å². The second-order valence-electron chi connectivity index (χ2n) is 7.48. The Balaban J connectivity index is 1.32. The molecule has 0 bridgehead atoms. The van der Waals surface area contributed by atoms with Crippen molar-refractivity contribution >= 4 is 10.0 Å². The second kappa shape index (κ2) is 9.43. The van der Waals surface area contributed by atoms with Crippen molar-refractivity contribution in [2.75, 3.05) is 26.2 Å². The van der Waals surface area contributed by atoms with Gasteiger partial charge < -0.3 is 4.74 Å². The topological polar surface area (TPSA) is 49.9 Å². The molecule has 0 aromatic heterocycles. The molecular weight excluding hydrogens is 396 g/mol. The van der Waals surface area contributed by atoms with E-state index in [4.69, 9.17) is 4.74 Å². The molecule has 30 heavy (non-hydrogen) atoms. The van der Waals surface area contributed by atoms with Gasteiger partial charge in [-0.1, -0.05) is 60.7 Å². The fourth-order valence-electron chi connectivity index (χ4n) is 3.63. The first-order valence-electron chi connectivity index (χ1n) is 10.1. The fourth-order valence-corrected chi connectivity index (χ4v) is 5.15. The first kappa shape index (κ1) is 20.6. The molecule has 1 heterocycles. The summed E-state index contributed by atoms with van der Waals surface area (Å²) in [5, 5.41) is 0. The summed E-state index contributed by atoms with van der Waals surface area (Å²) in [4.78, 5) is 2.29. The smallest absolute Gasteiger partial charge is 0.218 e. The molecule has 156 valence electrons. The number of hydrogen-bond acceptors (Lipinski definition) is 4. The van der Waals surface area contributed by atoms with Crippen LogP contribution in [0.5, 0.6) is 11.5 Å². The van der Waals surface area contributed by atoms with Crippen LogP contribution in [0.4, 0.5) is 0 Å². The van der Waals surface area contributed by atoms with E-state index in [1.54, 1.807) is 4.31 Å². The van der Waals surface area contributed by atoms with Crippen molar-refractivity contribution in [3.63, 3.8) is 0 Å². The number of para-hydroxylation sites is 1. The van der Waals surface area contributed by atoms with Gasteiger partial charge in [-0.05, 0) is 35.4 Å². The van der Waals surface area contributed by atoms with Crippen molar-refractivity contribution in [1.29, 1.82) is 0 Å². The summed E-state index contributed by atoms with van der Waals surface area (Å²) in [6.07, 6.45) is 0. The molecule has 3 aromatic rings. The van der Waals surface area contributed by atoms with Crippen molar-refractivity contribution in [3.05, 3.63) is 96.1 Å². The van der Waals surface area contributed by atoms with Gasteiger partial charge in [0.2, 0.25) is 10.0 Å². The predicted molar refractivity (Wildman–Crippen MR) is 119 cm³/mol. The van der Waals surface area contributed by atoms with Gasteiger partial charge in [0.1, 0.15) is 11.5 Å². The summed E-state index contributed by atoms with van der Waals surface area (Å²) >= 11 is 0. The number of hydrogen-bond donors (Lipinski definition) is 0. The van der Waals surface area contributed by atoms with E-state index in [-0.39, 0.29) is 5.75 Å². The van der Waals surface area contributed by atoms with Gasteiger partial charge in [-0.3, -0.25) is 4.90 Å². The molecule has 3 aromatic carbocycles. The summed E-state index contributed by atoms with van der Waals surface area (Å²) in [6, 6.07) is 27.2. The van der Waals surface area contributed by atoms with E-state index in [0.29, 0.717) is 13.1 Å². The number of nitrogens with zero attached hydrogens (tertiary/aromatic N) is 2. The number of sulfonamides is 1. The third-order valence-corrected chi connectivity index (χ3v) is 7.05. The Bertz CT molecular complexity index is 1050. The Morgan fingerprint density at radius 2 is 1.30 bits per heavy atom. The third-order valence-electron chi connectivity index (χ3n) is 5.20. The molecule has 4 rings (SSSR count). The molecule has 0 spiro atoms. The van der Waals surface area contributed by atoms with Crippen LogP contribution in [0.1, 0.15) is 11.1 Å². The van der Waals surface area contributed by atoms with E-state index in [1.807, 2.05) is 78.9 Å². The van der Waals surface area contributed by atoms with E-state index in [1.165, 1.54) is 0 Å². The number of ether oxygens (including phenoxy) is 1. The lowest BCUT2D eigenvalue weighted by molar-refractivity contribution is 0.181. The van der Waals surface area contributed by atoms with Crippen molar-refractivity contribution in [2.24, 2.45) is 0 Å². The van der Waals surface area contributed by atoms with Crippen LogP contribution in [-0.2, 0) is 22.3 Å². The minimum atomic E-state index is -3.29. The molecule has 0 atom stereocenters. The molecule has 0 unspecified atom stereocenters. The summed E-state index contributed by atoms with van der Waals surface area (Å²) < 4.78 is 33.0. The lowest BCUT2D eigenvalue weighted by atomic mass is 10.2. The summed E-state index contributed by atoms with van der Waals surface area (Å²) in [5.41, 5.74) is 1.99. The largest absolute Gasteiger partial charge is 0.457 e. The molecule has 0 aliphatic carbocycles. The molecule has 6 heteroatoms. The van der Waals surface area contributed by atoms with Gasteiger partial charge in [0, 0.05) is 32.7 Å². The van der Waals surface area contributed by atoms with Crippen molar-refractivity contribution in [3.8, 4) is 11.5 Å². The highest BCUT2D eigenvalue weighted by molar-refractivity contribution is 7.88. The van der Waals surface area contributed by atoms with Crippen LogP contribution in [0, 0.1) is 0 Å². The second-order valence-corrected chi connectivity index (χ2v) is 9.45. The van der Waals surface area contributed by atoms with Crippen LogP contribution in [-0.4, -0.2) is 43.8 Å². The van der Waals surface area contributed by atoms with E-state index in [0.717, 1.165) is 42.3 Å². The highest BCUT2D eigenvalue weighted by atomic mass is 32.2. The van der Waals surface area contributed by atoms with Gasteiger partial charge in [0.05, 0.1) is 5.75 Å². The SMILES string of the molecule is O=S(=O)(Cc1ccccc1)N1CCN(Cc2cccc(Oc3ccccc3)c2)CC1. The highest BCUT2D eigenvalue weighted by Gasteiger charge is 2.27. The first-order valence-corrected chi connectivity index (χ1v) is 11.8. The standard InChI is InChI=1S/C24H26N2O3S/c27-30(28,20-21-8-3-1-4-9-21)26-16-14-25(15-17-26)19-22-10-7-13-24(18-22)29-23-11-5-2-6-12-23/h1-13,18H,14-17,19-20H2. The summed E-state index contributed by atoms with van der Waals surface area (Å²) in [7, 11) is -3.29. The van der Waals surface area contributed by atoms with E-state index >= 15 is 0 Å². The minimum Gasteiger partial charge on any atom is -0.457 e. The lowest BCUT2D eigenvalue weighted by Crippen LogP contribution is -2.48. The molecule has 0 N–H and O–H groups in total. The number of benzene rings is 3. The van der Waals surface area contributed by atoms with Crippen LogP contribution >= 0.6 is 0 Å². The molecule has 1 aliphatic rings. The Morgan fingerprint density at radius 3 is 2.00 bits per heavy atom. The average Bonchev–Trinajstić information content (AvgIpc) is 2.76. The van der Waals surface area contributed by atoms with Crippen LogP contribution in [0.2, 0.25) is 0 Å². The van der Waals surface area contributed by atoms with Crippen LogP contribution in [0.25, 0.3) is 0 Å². The zero-order valence-corrected chi connectivity index (χ0v) is 17.7. The molecule has 0 amide bonds. The molecular formula is C24H26N2O3S. The highest BCUT2D eigenvalue weighted by Crippen LogP contribution is 2.23. The van der Waals surface area contributed by atoms with Gasteiger partial charge >= 0.3 is 0 Å². The Labute approximate surface area is 178 Å². The van der Waals surface area contributed by atoms with Gasteiger partial charge in [-0.2, -0.15) is 4.31 Å².